The summed E-state index contributed by atoms with van der Waals surface area (Å²) in [5.41, 5.74) is -1.15. The van der Waals surface area contributed by atoms with Crippen molar-refractivity contribution in [3.8, 4) is 23.0 Å². The third-order valence-corrected chi connectivity index (χ3v) is 5.01. The summed E-state index contributed by atoms with van der Waals surface area (Å²) in [5.74, 6) is -1.11. The zero-order valence-electron chi connectivity index (χ0n) is 16.9. The van der Waals surface area contributed by atoms with Crippen LogP contribution in [0.5, 0.6) is 11.8 Å². The van der Waals surface area contributed by atoms with Crippen molar-refractivity contribution in [1.29, 1.82) is 0 Å². The lowest BCUT2D eigenvalue weighted by molar-refractivity contribution is -0.137. The molecule has 13 heteroatoms. The van der Waals surface area contributed by atoms with Crippen LogP contribution in [0.25, 0.3) is 11.3 Å². The monoisotopic (exact) mass is 489 g/mol. The Hall–Kier alpha value is -3.48. The molecule has 0 atom stereocenters. The maximum absolute atomic E-state index is 14.4. The van der Waals surface area contributed by atoms with Crippen LogP contribution in [0, 0.1) is 5.82 Å². The number of sulfonamides is 1. The number of methoxy groups -OCH3 is 1. The molecule has 0 aliphatic heterocycles. The third-order valence-electron chi connectivity index (χ3n) is 4.19. The lowest BCUT2D eigenvalue weighted by Gasteiger charge is -2.12. The van der Waals surface area contributed by atoms with Gasteiger partial charge in [-0.05, 0) is 29.8 Å². The number of hydrogen-bond acceptors (Lipinski definition) is 6. The number of rotatable bonds is 8. The van der Waals surface area contributed by atoms with Crippen LogP contribution in [0.15, 0.2) is 48.7 Å². The Bertz CT molecular complexity index is 1250. The first-order chi connectivity index (χ1) is 15.5. The molecule has 0 saturated heterocycles. The summed E-state index contributed by atoms with van der Waals surface area (Å²) in [7, 11) is -3.13. The lowest BCUT2D eigenvalue weighted by atomic mass is 10.1. The minimum absolute atomic E-state index is 0.00868. The highest BCUT2D eigenvalue weighted by Gasteiger charge is 2.30. The van der Waals surface area contributed by atoms with Gasteiger partial charge >= 0.3 is 6.18 Å². The molecule has 3 rings (SSSR count). The highest BCUT2D eigenvalue weighted by atomic mass is 32.2. The van der Waals surface area contributed by atoms with Crippen molar-refractivity contribution >= 4 is 15.7 Å². The topological polar surface area (TPSA) is 90.4 Å². The Morgan fingerprint density at radius 1 is 1.12 bits per heavy atom. The average molecular weight is 489 g/mol. The first-order valence-corrected chi connectivity index (χ1v) is 10.7. The van der Waals surface area contributed by atoms with Crippen LogP contribution in [0.2, 0.25) is 0 Å². The maximum atomic E-state index is 14.4. The fourth-order valence-electron chi connectivity index (χ4n) is 2.71. The molecule has 33 heavy (non-hydrogen) atoms. The second-order valence-corrected chi connectivity index (χ2v) is 8.23. The Balaban J connectivity index is 1.88. The minimum atomic E-state index is -4.51. The minimum Gasteiger partial charge on any atom is -0.480 e. The van der Waals surface area contributed by atoms with E-state index in [0.717, 1.165) is 30.5 Å². The van der Waals surface area contributed by atoms with E-state index in [0.29, 0.717) is 0 Å². The van der Waals surface area contributed by atoms with Crippen molar-refractivity contribution in [2.75, 3.05) is 17.8 Å². The van der Waals surface area contributed by atoms with E-state index in [1.165, 1.54) is 25.3 Å². The van der Waals surface area contributed by atoms with Crippen LogP contribution in [-0.4, -0.2) is 31.5 Å². The number of aromatic nitrogens is 2. The number of hydrogen-bond donors (Lipinski definition) is 1. The van der Waals surface area contributed by atoms with Gasteiger partial charge in [0.25, 0.3) is 10.0 Å². The largest absolute Gasteiger partial charge is 0.480 e. The zero-order chi connectivity index (χ0) is 24.2. The van der Waals surface area contributed by atoms with Gasteiger partial charge < -0.3 is 9.47 Å². The van der Waals surface area contributed by atoms with Gasteiger partial charge in [0.15, 0.2) is 0 Å². The van der Waals surface area contributed by atoms with Crippen molar-refractivity contribution in [2.24, 2.45) is 0 Å². The van der Waals surface area contributed by atoms with Crippen molar-refractivity contribution in [2.45, 2.75) is 12.8 Å². The summed E-state index contributed by atoms with van der Waals surface area (Å²) in [5, 5.41) is 0. The van der Waals surface area contributed by atoms with Gasteiger partial charge in [-0.3, -0.25) is 4.72 Å². The summed E-state index contributed by atoms with van der Waals surface area (Å²) >= 11 is 0. The van der Waals surface area contributed by atoms with Gasteiger partial charge in [0, 0.05) is 17.8 Å². The quantitative estimate of drug-likeness (QED) is 0.467. The molecule has 7 nitrogen and oxygen atoms in total. The van der Waals surface area contributed by atoms with Crippen LogP contribution in [0.3, 0.4) is 0 Å². The van der Waals surface area contributed by atoms with E-state index < -0.39 is 33.6 Å². The number of halogens is 5. The van der Waals surface area contributed by atoms with E-state index in [1.807, 2.05) is 4.72 Å². The van der Waals surface area contributed by atoms with Crippen LogP contribution < -0.4 is 14.2 Å². The smallest absolute Gasteiger partial charge is 0.416 e. The molecule has 0 fully saturated rings. The van der Waals surface area contributed by atoms with Gasteiger partial charge in [0.1, 0.15) is 23.8 Å². The molecular formula is C20H16F5N3O4S. The maximum Gasteiger partial charge on any atom is 0.416 e. The number of nitrogens with zero attached hydrogens (tertiary/aromatic N) is 2. The number of alkyl halides is 4. The van der Waals surface area contributed by atoms with Crippen molar-refractivity contribution < 1.29 is 39.8 Å². The van der Waals surface area contributed by atoms with E-state index in [4.69, 9.17) is 9.47 Å². The van der Waals surface area contributed by atoms with Gasteiger partial charge in [-0.15, -0.1) is 0 Å². The first-order valence-electron chi connectivity index (χ1n) is 9.09. The number of benzene rings is 1. The Morgan fingerprint density at radius 3 is 2.55 bits per heavy atom. The van der Waals surface area contributed by atoms with Crippen LogP contribution in [0.4, 0.5) is 27.6 Å². The molecule has 3 aromatic rings. The van der Waals surface area contributed by atoms with Gasteiger partial charge in [0.05, 0.1) is 12.7 Å². The predicted molar refractivity (Wildman–Crippen MR) is 108 cm³/mol. The lowest BCUT2D eigenvalue weighted by Crippen LogP contribution is -2.15. The SMILES string of the molecule is COc1ncc(-c2nc(OCc3cccc(C(F)(F)F)c3)ccc2F)cc1NS(=O)(=O)CF. The molecule has 0 radical (unpaired) electrons. The van der Waals surface area contributed by atoms with Gasteiger partial charge in [-0.25, -0.2) is 27.2 Å². The van der Waals surface area contributed by atoms with Crippen molar-refractivity contribution in [1.82, 2.24) is 9.97 Å². The van der Waals surface area contributed by atoms with Crippen molar-refractivity contribution in [3.05, 3.63) is 65.6 Å². The van der Waals surface area contributed by atoms with E-state index >= 15 is 0 Å². The standard InChI is InChI=1S/C20H16F5N3O4S/c1-31-19-16(28-33(29,30)11-21)8-13(9-26-19)18-15(22)5-6-17(27-18)32-10-12-3-2-4-14(7-12)20(23,24)25/h2-9,28H,10-11H2,1H3. The molecule has 0 bridgehead atoms. The summed E-state index contributed by atoms with van der Waals surface area (Å²) in [6, 6.07) is 6.12. The molecule has 0 unspecified atom stereocenters. The molecule has 0 spiro atoms. The average Bonchev–Trinajstić information content (AvgIpc) is 2.78. The number of nitrogens with one attached hydrogen (secondary N) is 1. The number of ether oxygens (including phenoxy) is 2. The molecule has 2 heterocycles. The predicted octanol–water partition coefficient (Wildman–Crippen LogP) is 4.56. The second-order valence-electron chi connectivity index (χ2n) is 6.57. The molecule has 0 saturated carbocycles. The van der Waals surface area contributed by atoms with Gasteiger partial charge in [0.2, 0.25) is 17.8 Å². The van der Waals surface area contributed by atoms with Crippen LogP contribution >= 0.6 is 0 Å². The van der Waals surface area contributed by atoms with E-state index in [9.17, 15) is 30.4 Å². The zero-order valence-corrected chi connectivity index (χ0v) is 17.7. The summed E-state index contributed by atoms with van der Waals surface area (Å²) in [4.78, 5) is 7.85. The molecule has 0 aliphatic carbocycles. The van der Waals surface area contributed by atoms with E-state index in [2.05, 4.69) is 9.97 Å². The van der Waals surface area contributed by atoms with Gasteiger partial charge in [-0.2, -0.15) is 13.2 Å². The third kappa shape index (κ3) is 6.06. The summed E-state index contributed by atoms with van der Waals surface area (Å²) in [6.07, 6.45) is -3.37. The summed E-state index contributed by atoms with van der Waals surface area (Å²) in [6.45, 7) is -0.273. The fourth-order valence-corrected chi connectivity index (χ4v) is 3.25. The highest BCUT2D eigenvalue weighted by Crippen LogP contribution is 2.31. The number of anilines is 1. The molecule has 0 aliphatic rings. The van der Waals surface area contributed by atoms with E-state index in [-0.39, 0.29) is 40.9 Å². The Kier molecular flexibility index (Phi) is 7.01. The Morgan fingerprint density at radius 2 is 1.88 bits per heavy atom. The summed E-state index contributed by atoms with van der Waals surface area (Å²) < 4.78 is 101. The Labute approximate surface area is 185 Å². The molecule has 1 aromatic carbocycles. The molecule has 176 valence electrons. The molecule has 2 aromatic heterocycles. The highest BCUT2D eigenvalue weighted by molar-refractivity contribution is 7.92. The normalized spacial score (nSPS) is 11.8. The van der Waals surface area contributed by atoms with E-state index in [1.54, 1.807) is 0 Å². The molecular weight excluding hydrogens is 473 g/mol. The molecule has 1 N–H and O–H groups in total. The fraction of sp³-hybridized carbons (Fsp3) is 0.200. The van der Waals surface area contributed by atoms with Crippen molar-refractivity contribution in [3.63, 3.8) is 0 Å². The first kappa shape index (κ1) is 24.2. The second kappa shape index (κ2) is 9.57. The van der Waals surface area contributed by atoms with Gasteiger partial charge in [-0.1, -0.05) is 12.1 Å². The number of pyridine rings is 2. The van der Waals surface area contributed by atoms with Crippen LogP contribution in [-0.2, 0) is 22.8 Å². The van der Waals surface area contributed by atoms with Crippen LogP contribution in [0.1, 0.15) is 11.1 Å². The molecule has 0 amide bonds.